The second-order valence-electron chi connectivity index (χ2n) is 7.44. The molecule has 0 amide bonds. The smallest absolute Gasteiger partial charge is 0.246 e. The van der Waals surface area contributed by atoms with E-state index in [0.717, 1.165) is 12.0 Å². The summed E-state index contributed by atoms with van der Waals surface area (Å²) in [5.74, 6) is 0.372. The molecule has 1 aliphatic rings. The number of piperazine rings is 1. The van der Waals surface area contributed by atoms with Gasteiger partial charge in [-0.1, -0.05) is 26.0 Å². The van der Waals surface area contributed by atoms with Crippen LogP contribution < -0.4 is 0 Å². The van der Waals surface area contributed by atoms with Crippen LogP contribution in [0.2, 0.25) is 0 Å². The molecule has 1 unspecified atom stereocenters. The van der Waals surface area contributed by atoms with Gasteiger partial charge in [0.15, 0.2) is 0 Å². The van der Waals surface area contributed by atoms with Crippen molar-refractivity contribution in [3.8, 4) is 0 Å². The molecule has 1 fully saturated rings. The van der Waals surface area contributed by atoms with Gasteiger partial charge in [-0.15, -0.1) is 0 Å². The topological polar surface area (TPSA) is 92.6 Å². The lowest BCUT2D eigenvalue weighted by Crippen LogP contribution is -2.50. The molecule has 1 aliphatic heterocycles. The maximum absolute atomic E-state index is 13.0. The van der Waals surface area contributed by atoms with Crippen LogP contribution in [-0.4, -0.2) is 61.4 Å². The third kappa shape index (κ3) is 4.25. The van der Waals surface area contributed by atoms with E-state index in [4.69, 9.17) is 0 Å². The van der Waals surface area contributed by atoms with Crippen molar-refractivity contribution in [1.29, 1.82) is 0 Å². The first-order valence-electron chi connectivity index (χ1n) is 9.68. The molecule has 3 rings (SSSR count). The summed E-state index contributed by atoms with van der Waals surface area (Å²) >= 11 is 0. The summed E-state index contributed by atoms with van der Waals surface area (Å²) in [4.78, 5) is 0.404. The summed E-state index contributed by atoms with van der Waals surface area (Å²) in [6, 6.07) is 6.98. The van der Waals surface area contributed by atoms with Gasteiger partial charge >= 0.3 is 0 Å². The molecule has 29 heavy (non-hydrogen) atoms. The molecule has 0 aliphatic carbocycles. The molecule has 0 saturated carbocycles. The number of aryl methyl sites for hydroxylation is 2. The molecule has 1 aromatic heterocycles. The van der Waals surface area contributed by atoms with Gasteiger partial charge in [-0.2, -0.15) is 13.7 Å². The summed E-state index contributed by atoms with van der Waals surface area (Å²) in [6.45, 7) is 6.31. The van der Waals surface area contributed by atoms with Crippen molar-refractivity contribution < 1.29 is 16.8 Å². The number of benzene rings is 1. The number of hydrogen-bond donors (Lipinski definition) is 0. The Morgan fingerprint density at radius 2 is 1.48 bits per heavy atom. The molecule has 2 heterocycles. The molecular weight excluding hydrogens is 412 g/mol. The Bertz CT molecular complexity index is 1070. The number of sulfonamides is 2. The van der Waals surface area contributed by atoms with Crippen LogP contribution in [0, 0.1) is 6.92 Å². The van der Waals surface area contributed by atoms with Crippen molar-refractivity contribution in [3.63, 3.8) is 0 Å². The van der Waals surface area contributed by atoms with E-state index in [2.05, 4.69) is 18.9 Å². The van der Waals surface area contributed by atoms with Crippen molar-refractivity contribution >= 4 is 20.0 Å². The summed E-state index contributed by atoms with van der Waals surface area (Å²) in [6.07, 6.45) is 2.46. The maximum Gasteiger partial charge on any atom is 0.246 e. The first kappa shape index (κ1) is 21.9. The van der Waals surface area contributed by atoms with Gasteiger partial charge in [0.1, 0.15) is 4.90 Å². The molecule has 160 valence electrons. The summed E-state index contributed by atoms with van der Waals surface area (Å²) in [7, 11) is -5.68. The monoisotopic (exact) mass is 440 g/mol. The molecule has 1 saturated heterocycles. The fourth-order valence-electron chi connectivity index (χ4n) is 3.47. The molecular formula is C19H28N4O4S2. The molecule has 10 heteroatoms. The quantitative estimate of drug-likeness (QED) is 0.684. The average molecular weight is 441 g/mol. The van der Waals surface area contributed by atoms with E-state index in [0.29, 0.717) is 11.6 Å². The molecule has 0 radical (unpaired) electrons. The Kier molecular flexibility index (Phi) is 6.19. The Morgan fingerprint density at radius 1 is 0.966 bits per heavy atom. The van der Waals surface area contributed by atoms with Gasteiger partial charge in [-0.25, -0.2) is 16.8 Å². The zero-order chi connectivity index (χ0) is 21.4. The summed E-state index contributed by atoms with van der Waals surface area (Å²) in [5.41, 5.74) is 1.54. The van der Waals surface area contributed by atoms with Crippen molar-refractivity contribution in [1.82, 2.24) is 18.4 Å². The predicted octanol–water partition coefficient (Wildman–Crippen LogP) is 1.94. The lowest BCUT2D eigenvalue weighted by molar-refractivity contribution is 0.272. The Morgan fingerprint density at radius 3 is 1.93 bits per heavy atom. The van der Waals surface area contributed by atoms with E-state index in [1.54, 1.807) is 26.1 Å². The second kappa shape index (κ2) is 8.17. The van der Waals surface area contributed by atoms with Crippen LogP contribution in [0.25, 0.3) is 0 Å². The third-order valence-electron chi connectivity index (χ3n) is 5.48. The second-order valence-corrected chi connectivity index (χ2v) is 11.3. The lowest BCUT2D eigenvalue weighted by Gasteiger charge is -2.33. The fraction of sp³-hybridized carbons (Fsp3) is 0.526. The molecule has 0 bridgehead atoms. The third-order valence-corrected chi connectivity index (χ3v) is 9.40. The highest BCUT2D eigenvalue weighted by Gasteiger charge is 2.35. The predicted molar refractivity (Wildman–Crippen MR) is 111 cm³/mol. The molecule has 0 spiro atoms. The highest BCUT2D eigenvalue weighted by molar-refractivity contribution is 7.89. The van der Waals surface area contributed by atoms with Gasteiger partial charge < -0.3 is 0 Å². The molecule has 2 aromatic rings. The van der Waals surface area contributed by atoms with Crippen molar-refractivity contribution in [2.45, 2.75) is 42.9 Å². The molecule has 1 atom stereocenters. The van der Waals surface area contributed by atoms with E-state index in [1.807, 2.05) is 12.1 Å². The van der Waals surface area contributed by atoms with E-state index in [1.165, 1.54) is 19.5 Å². The highest BCUT2D eigenvalue weighted by Crippen LogP contribution is 2.25. The van der Waals surface area contributed by atoms with Crippen LogP contribution in [0.3, 0.4) is 0 Å². The van der Waals surface area contributed by atoms with Gasteiger partial charge in [-0.3, -0.25) is 4.68 Å². The van der Waals surface area contributed by atoms with Gasteiger partial charge in [-0.05, 0) is 37.0 Å². The number of nitrogens with zero attached hydrogens (tertiary/aromatic N) is 4. The zero-order valence-electron chi connectivity index (χ0n) is 17.2. The van der Waals surface area contributed by atoms with Crippen LogP contribution >= 0.6 is 0 Å². The van der Waals surface area contributed by atoms with Crippen LogP contribution in [0.4, 0.5) is 0 Å². The van der Waals surface area contributed by atoms with E-state index in [9.17, 15) is 16.8 Å². The van der Waals surface area contributed by atoms with Crippen LogP contribution in [0.15, 0.2) is 40.3 Å². The largest absolute Gasteiger partial charge is 0.274 e. The average Bonchev–Trinajstić information content (AvgIpc) is 3.06. The maximum atomic E-state index is 13.0. The first-order valence-corrected chi connectivity index (χ1v) is 12.6. The van der Waals surface area contributed by atoms with Gasteiger partial charge in [0, 0.05) is 39.4 Å². The van der Waals surface area contributed by atoms with Gasteiger partial charge in [0.05, 0.1) is 10.6 Å². The van der Waals surface area contributed by atoms with E-state index >= 15 is 0 Å². The van der Waals surface area contributed by atoms with E-state index in [-0.39, 0.29) is 36.0 Å². The number of hydrogen-bond acceptors (Lipinski definition) is 5. The fourth-order valence-corrected chi connectivity index (χ4v) is 6.52. The summed E-state index contributed by atoms with van der Waals surface area (Å²) in [5, 5.41) is 4.10. The Hall–Kier alpha value is -1.75. The molecule has 1 aromatic carbocycles. The van der Waals surface area contributed by atoms with Crippen LogP contribution in [-0.2, 0) is 27.1 Å². The SMILES string of the molecule is CCC(C)c1ccc(S(=O)(=O)N2CCN(S(=O)(=O)c3cn(C)nc3C)CC2)cc1. The normalized spacial score (nSPS) is 18.1. The van der Waals surface area contributed by atoms with Crippen LogP contribution in [0.1, 0.15) is 37.4 Å². The van der Waals surface area contributed by atoms with Crippen molar-refractivity contribution in [2.24, 2.45) is 7.05 Å². The standard InChI is InChI=1S/C19H28N4O4S2/c1-5-15(2)17-6-8-18(9-7-17)28(24,25)22-10-12-23(13-11-22)29(26,27)19-14-21(4)20-16(19)3/h6-9,14-15H,5,10-13H2,1-4H3. The zero-order valence-corrected chi connectivity index (χ0v) is 18.9. The van der Waals surface area contributed by atoms with E-state index < -0.39 is 20.0 Å². The molecule has 8 nitrogen and oxygen atoms in total. The number of rotatable bonds is 6. The minimum Gasteiger partial charge on any atom is -0.274 e. The molecule has 0 N–H and O–H groups in total. The van der Waals surface area contributed by atoms with Crippen molar-refractivity contribution in [3.05, 3.63) is 41.7 Å². The Labute approximate surface area is 173 Å². The lowest BCUT2D eigenvalue weighted by atomic mass is 9.99. The van der Waals surface area contributed by atoms with Crippen LogP contribution in [0.5, 0.6) is 0 Å². The first-order chi connectivity index (χ1) is 13.6. The minimum atomic E-state index is -3.70. The summed E-state index contributed by atoms with van der Waals surface area (Å²) < 4.78 is 55.8. The van der Waals surface area contributed by atoms with Gasteiger partial charge in [0.25, 0.3) is 0 Å². The Balaban J connectivity index is 1.73. The van der Waals surface area contributed by atoms with Crippen molar-refractivity contribution in [2.75, 3.05) is 26.2 Å². The van der Waals surface area contributed by atoms with Gasteiger partial charge in [0.2, 0.25) is 20.0 Å². The minimum absolute atomic E-state index is 0.112. The highest BCUT2D eigenvalue weighted by atomic mass is 32.2. The number of aromatic nitrogens is 2.